The zero-order chi connectivity index (χ0) is 14.4. The van der Waals surface area contributed by atoms with Crippen molar-refractivity contribution in [1.82, 2.24) is 15.1 Å². The summed E-state index contributed by atoms with van der Waals surface area (Å²) in [5.41, 5.74) is 8.46. The maximum atomic E-state index is 6.01. The van der Waals surface area contributed by atoms with Crippen molar-refractivity contribution in [2.45, 2.75) is 40.0 Å². The molecule has 5 nitrogen and oxygen atoms in total. The fourth-order valence-corrected chi connectivity index (χ4v) is 2.93. The maximum Gasteiger partial charge on any atom is 0.167 e. The van der Waals surface area contributed by atoms with Gasteiger partial charge in [-0.3, -0.25) is 0 Å². The normalized spacial score (nSPS) is 11.9. The molecule has 0 aliphatic carbocycles. The van der Waals surface area contributed by atoms with Gasteiger partial charge in [-0.05, 0) is 36.4 Å². The van der Waals surface area contributed by atoms with Crippen molar-refractivity contribution in [1.29, 1.82) is 0 Å². The minimum atomic E-state index is -0.0959. The van der Waals surface area contributed by atoms with E-state index in [1.807, 2.05) is 13.8 Å². The third kappa shape index (κ3) is 2.58. The van der Waals surface area contributed by atoms with Crippen molar-refractivity contribution in [3.63, 3.8) is 0 Å². The fraction of sp³-hybridized carbons (Fsp3) is 0.462. The van der Waals surface area contributed by atoms with Crippen LogP contribution >= 0.6 is 22.6 Å². The van der Waals surface area contributed by atoms with Crippen molar-refractivity contribution >= 4 is 28.4 Å². The molecular formula is C13H17IN4O. The molecule has 0 bridgehead atoms. The number of halogens is 1. The van der Waals surface area contributed by atoms with E-state index in [9.17, 15) is 0 Å². The van der Waals surface area contributed by atoms with E-state index in [0.29, 0.717) is 17.4 Å². The van der Waals surface area contributed by atoms with E-state index in [4.69, 9.17) is 10.3 Å². The second-order valence-electron chi connectivity index (χ2n) is 5.54. The molecule has 0 fully saturated rings. The van der Waals surface area contributed by atoms with Crippen LogP contribution in [0.25, 0.3) is 11.4 Å². The van der Waals surface area contributed by atoms with Crippen LogP contribution in [0.3, 0.4) is 0 Å². The van der Waals surface area contributed by atoms with Crippen LogP contribution in [0, 0.1) is 17.4 Å². The highest BCUT2D eigenvalue weighted by Crippen LogP contribution is 2.32. The smallest absolute Gasteiger partial charge is 0.167 e. The van der Waals surface area contributed by atoms with E-state index in [1.54, 1.807) is 0 Å². The maximum absolute atomic E-state index is 6.01. The van der Waals surface area contributed by atoms with Gasteiger partial charge in [0.05, 0.1) is 20.5 Å². The number of nitrogen functional groups attached to an aromatic ring is 1. The Labute approximate surface area is 126 Å². The van der Waals surface area contributed by atoms with Gasteiger partial charge >= 0.3 is 0 Å². The van der Waals surface area contributed by atoms with E-state index in [2.05, 4.69) is 58.5 Å². The molecule has 0 saturated heterocycles. The van der Waals surface area contributed by atoms with Crippen LogP contribution in [0.2, 0.25) is 0 Å². The minimum absolute atomic E-state index is 0.0959. The molecule has 2 heterocycles. The van der Waals surface area contributed by atoms with Crippen LogP contribution in [0.1, 0.15) is 37.9 Å². The molecule has 0 amide bonds. The Kier molecular flexibility index (Phi) is 3.55. The summed E-state index contributed by atoms with van der Waals surface area (Å²) >= 11 is 2.19. The monoisotopic (exact) mass is 372 g/mol. The number of nitrogens with two attached hydrogens (primary N) is 1. The van der Waals surface area contributed by atoms with Crippen LogP contribution in [0.5, 0.6) is 0 Å². The molecule has 0 aliphatic heterocycles. The van der Waals surface area contributed by atoms with Crippen molar-refractivity contribution in [2.24, 2.45) is 0 Å². The minimum Gasteiger partial charge on any atom is -0.383 e. The van der Waals surface area contributed by atoms with Gasteiger partial charge in [-0.1, -0.05) is 25.9 Å². The Morgan fingerprint density at radius 2 is 1.79 bits per heavy atom. The summed E-state index contributed by atoms with van der Waals surface area (Å²) in [5.74, 6) is 1.78. The number of aryl methyl sites for hydroxylation is 2. The van der Waals surface area contributed by atoms with Gasteiger partial charge in [0.1, 0.15) is 11.6 Å². The lowest BCUT2D eigenvalue weighted by Crippen LogP contribution is -2.18. The topological polar surface area (TPSA) is 77.8 Å². The largest absolute Gasteiger partial charge is 0.383 e. The molecule has 2 aromatic rings. The van der Waals surface area contributed by atoms with E-state index in [-0.39, 0.29) is 5.41 Å². The summed E-state index contributed by atoms with van der Waals surface area (Å²) in [6.07, 6.45) is 0. The van der Waals surface area contributed by atoms with E-state index in [0.717, 1.165) is 20.5 Å². The molecule has 0 atom stereocenters. The van der Waals surface area contributed by atoms with Crippen molar-refractivity contribution < 1.29 is 4.52 Å². The molecule has 2 rings (SSSR count). The van der Waals surface area contributed by atoms with Gasteiger partial charge in [-0.2, -0.15) is 0 Å². The predicted molar refractivity (Wildman–Crippen MR) is 82.8 cm³/mol. The number of aromatic nitrogens is 3. The van der Waals surface area contributed by atoms with Gasteiger partial charge < -0.3 is 10.3 Å². The molecule has 0 unspecified atom stereocenters. The lowest BCUT2D eigenvalue weighted by atomic mass is 9.91. The first-order chi connectivity index (χ1) is 8.71. The predicted octanol–water partition coefficient (Wildman–Crippen LogP) is 3.23. The van der Waals surface area contributed by atoms with Gasteiger partial charge in [0.25, 0.3) is 0 Å². The standard InChI is InChI=1S/C13H17IN4O/c1-6-8(7(2)19-18-6)12-16-10(13(3,4)5)9(14)11(15)17-12/h1-5H3,(H2,15,16,17). The second-order valence-corrected chi connectivity index (χ2v) is 6.62. The van der Waals surface area contributed by atoms with Crippen LogP contribution < -0.4 is 5.73 Å². The highest BCUT2D eigenvalue weighted by Gasteiger charge is 2.24. The SMILES string of the molecule is Cc1noc(C)c1-c1nc(N)c(I)c(C(C)(C)C)n1. The van der Waals surface area contributed by atoms with Gasteiger partial charge in [0.2, 0.25) is 0 Å². The fourth-order valence-electron chi connectivity index (χ4n) is 1.88. The molecular weight excluding hydrogens is 355 g/mol. The van der Waals surface area contributed by atoms with E-state index in [1.165, 1.54) is 0 Å². The summed E-state index contributed by atoms with van der Waals surface area (Å²) in [6.45, 7) is 10.0. The molecule has 0 aromatic carbocycles. The number of anilines is 1. The summed E-state index contributed by atoms with van der Waals surface area (Å²) < 4.78 is 6.08. The van der Waals surface area contributed by atoms with Crippen LogP contribution in [0.4, 0.5) is 5.82 Å². The lowest BCUT2D eigenvalue weighted by molar-refractivity contribution is 0.393. The quantitative estimate of drug-likeness (QED) is 0.778. The summed E-state index contributed by atoms with van der Waals surface area (Å²) in [5, 5.41) is 3.94. The Balaban J connectivity index is 2.71. The molecule has 0 radical (unpaired) electrons. The van der Waals surface area contributed by atoms with Crippen molar-refractivity contribution in [3.8, 4) is 11.4 Å². The Bertz CT molecular complexity index is 609. The number of hydrogen-bond donors (Lipinski definition) is 1. The molecule has 6 heteroatoms. The van der Waals surface area contributed by atoms with Crippen LogP contribution in [-0.4, -0.2) is 15.1 Å². The average Bonchev–Trinajstić information content (AvgIpc) is 2.61. The second kappa shape index (κ2) is 4.73. The highest BCUT2D eigenvalue weighted by atomic mass is 127. The number of hydrogen-bond acceptors (Lipinski definition) is 5. The van der Waals surface area contributed by atoms with E-state index < -0.39 is 0 Å². The zero-order valence-electron chi connectivity index (χ0n) is 11.7. The van der Waals surface area contributed by atoms with Gasteiger partial charge in [-0.25, -0.2) is 9.97 Å². The zero-order valence-corrected chi connectivity index (χ0v) is 13.9. The first-order valence-corrected chi connectivity index (χ1v) is 7.06. The summed E-state index contributed by atoms with van der Waals surface area (Å²) in [4.78, 5) is 9.04. The third-order valence-electron chi connectivity index (χ3n) is 2.84. The van der Waals surface area contributed by atoms with Gasteiger partial charge in [-0.15, -0.1) is 0 Å². The summed E-state index contributed by atoms with van der Waals surface area (Å²) in [6, 6.07) is 0. The first kappa shape index (κ1) is 14.2. The summed E-state index contributed by atoms with van der Waals surface area (Å²) in [7, 11) is 0. The van der Waals surface area contributed by atoms with Gasteiger partial charge in [0.15, 0.2) is 5.82 Å². The third-order valence-corrected chi connectivity index (χ3v) is 3.91. The average molecular weight is 372 g/mol. The van der Waals surface area contributed by atoms with Crippen molar-refractivity contribution in [2.75, 3.05) is 5.73 Å². The lowest BCUT2D eigenvalue weighted by Gasteiger charge is -2.20. The van der Waals surface area contributed by atoms with Crippen molar-refractivity contribution in [3.05, 3.63) is 20.7 Å². The molecule has 2 aromatic heterocycles. The first-order valence-electron chi connectivity index (χ1n) is 5.98. The Morgan fingerprint density at radius 1 is 1.16 bits per heavy atom. The van der Waals surface area contributed by atoms with Crippen LogP contribution in [-0.2, 0) is 5.41 Å². The number of nitrogens with zero attached hydrogens (tertiary/aromatic N) is 3. The highest BCUT2D eigenvalue weighted by molar-refractivity contribution is 14.1. The molecule has 102 valence electrons. The molecule has 0 aliphatic rings. The Hall–Kier alpha value is -1.18. The Morgan fingerprint density at radius 3 is 2.26 bits per heavy atom. The molecule has 2 N–H and O–H groups in total. The van der Waals surface area contributed by atoms with E-state index >= 15 is 0 Å². The van der Waals surface area contributed by atoms with Gasteiger partial charge in [0, 0.05) is 5.41 Å². The molecule has 19 heavy (non-hydrogen) atoms. The molecule has 0 spiro atoms. The van der Waals surface area contributed by atoms with Crippen LogP contribution in [0.15, 0.2) is 4.52 Å². The number of rotatable bonds is 1. The molecule has 0 saturated carbocycles.